The number of carbonyl (C=O) groups is 2. The van der Waals surface area contributed by atoms with Crippen LogP contribution in [0.15, 0.2) is 36.0 Å². The summed E-state index contributed by atoms with van der Waals surface area (Å²) >= 11 is 0. The molecule has 0 aromatic rings. The number of aliphatic hydroxyl groups is 3. The molecule has 4 rings (SSSR count). The molecule has 47 heavy (non-hydrogen) atoms. The van der Waals surface area contributed by atoms with Crippen LogP contribution in [0.1, 0.15) is 93.9 Å². The summed E-state index contributed by atoms with van der Waals surface area (Å²) in [5, 5.41) is 31.8. The van der Waals surface area contributed by atoms with E-state index in [9.17, 15) is 24.9 Å². The van der Waals surface area contributed by atoms with Gasteiger partial charge in [0.05, 0.1) is 36.4 Å². The van der Waals surface area contributed by atoms with Crippen LogP contribution < -0.4 is 0 Å². The number of cyclic esters (lactones) is 1. The molecule has 0 spiro atoms. The van der Waals surface area contributed by atoms with E-state index in [4.69, 9.17) is 14.2 Å². The summed E-state index contributed by atoms with van der Waals surface area (Å²) in [5.41, 5.74) is -0.347. The lowest BCUT2D eigenvalue weighted by Crippen LogP contribution is -2.51. The maximum Gasteiger partial charge on any atom is 0.410 e. The van der Waals surface area contributed by atoms with Crippen molar-refractivity contribution >= 4 is 12.1 Å². The Balaban J connectivity index is 1.43. The Morgan fingerprint density at radius 2 is 1.89 bits per heavy atom. The van der Waals surface area contributed by atoms with E-state index < -0.39 is 36.0 Å². The van der Waals surface area contributed by atoms with Crippen LogP contribution in [0.3, 0.4) is 0 Å². The molecule has 0 saturated carbocycles. The van der Waals surface area contributed by atoms with Crippen molar-refractivity contribution in [1.82, 2.24) is 9.80 Å². The monoisotopic (exact) mass is 660 g/mol. The number of fused-ring (bicyclic) bond motifs is 2. The van der Waals surface area contributed by atoms with Crippen LogP contribution in [0.2, 0.25) is 0 Å². The van der Waals surface area contributed by atoms with E-state index in [-0.39, 0.29) is 48.5 Å². The van der Waals surface area contributed by atoms with Gasteiger partial charge in [0.25, 0.3) is 0 Å². The largest absolute Gasteiger partial charge is 0.457 e. The quantitative estimate of drug-likeness (QED) is 0.131. The van der Waals surface area contributed by atoms with Gasteiger partial charge < -0.3 is 34.4 Å². The Bertz CT molecular complexity index is 1170. The molecule has 4 aliphatic heterocycles. The number of epoxide rings is 1. The number of esters is 1. The Morgan fingerprint density at radius 1 is 1.17 bits per heavy atom. The molecule has 2 bridgehead atoms. The van der Waals surface area contributed by atoms with Crippen molar-refractivity contribution in [3.8, 4) is 0 Å². The molecule has 10 unspecified atom stereocenters. The van der Waals surface area contributed by atoms with Crippen molar-refractivity contribution < 1.29 is 39.1 Å². The number of piperazine rings is 1. The topological polar surface area (TPSA) is 132 Å². The highest BCUT2D eigenvalue weighted by Gasteiger charge is 2.48. The van der Waals surface area contributed by atoms with Crippen LogP contribution in [0, 0.1) is 17.8 Å². The van der Waals surface area contributed by atoms with E-state index in [2.05, 4.69) is 18.7 Å². The molecule has 4 heterocycles. The SMILES string of the molecule is CCC(O)C(C)C1OC1CC(C)(O)/C=C/C=C(\C)C1OC(=O)CC(O)CCC(C)C(OC(=O)N2C[C@H]3C[C@@H]2CN3C(C)C)/C=C/C1C. The second-order valence-electron chi connectivity index (χ2n) is 15.2. The molecule has 0 aliphatic carbocycles. The Morgan fingerprint density at radius 3 is 2.53 bits per heavy atom. The average Bonchev–Trinajstić information content (AvgIpc) is 3.43. The number of aliphatic hydroxyl groups excluding tert-OH is 2. The lowest BCUT2D eigenvalue weighted by Gasteiger charge is -2.36. The zero-order valence-corrected chi connectivity index (χ0v) is 29.7. The van der Waals surface area contributed by atoms with Crippen molar-refractivity contribution in [3.05, 3.63) is 36.0 Å². The molecule has 266 valence electrons. The zero-order chi connectivity index (χ0) is 34.6. The predicted molar refractivity (Wildman–Crippen MR) is 180 cm³/mol. The van der Waals surface area contributed by atoms with E-state index in [0.29, 0.717) is 44.3 Å². The van der Waals surface area contributed by atoms with Gasteiger partial charge in [0, 0.05) is 49.5 Å². The van der Waals surface area contributed by atoms with Crippen LogP contribution >= 0.6 is 0 Å². The van der Waals surface area contributed by atoms with Crippen molar-refractivity contribution in [1.29, 1.82) is 0 Å². The highest BCUT2D eigenvalue weighted by atomic mass is 16.6. The summed E-state index contributed by atoms with van der Waals surface area (Å²) < 4.78 is 17.8. The molecular weight excluding hydrogens is 600 g/mol. The lowest BCUT2D eigenvalue weighted by atomic mass is 9.91. The van der Waals surface area contributed by atoms with Gasteiger partial charge in [-0.2, -0.15) is 0 Å². The summed E-state index contributed by atoms with van der Waals surface area (Å²) in [5.74, 6) is -0.762. The number of hydrogen-bond donors (Lipinski definition) is 3. The van der Waals surface area contributed by atoms with Crippen LogP contribution in [-0.2, 0) is 19.0 Å². The van der Waals surface area contributed by atoms with Gasteiger partial charge in [-0.15, -0.1) is 0 Å². The summed E-state index contributed by atoms with van der Waals surface area (Å²) in [7, 11) is 0. The Hall–Kier alpha value is -2.24. The van der Waals surface area contributed by atoms with Crippen molar-refractivity contribution in [2.24, 2.45) is 17.8 Å². The van der Waals surface area contributed by atoms with Gasteiger partial charge in [-0.25, -0.2) is 4.79 Å². The van der Waals surface area contributed by atoms with Gasteiger partial charge in [-0.1, -0.05) is 52.0 Å². The average molecular weight is 661 g/mol. The van der Waals surface area contributed by atoms with Gasteiger partial charge in [0.15, 0.2) is 0 Å². The number of carbonyl (C=O) groups excluding carboxylic acids is 2. The highest BCUT2D eigenvalue weighted by Crippen LogP contribution is 2.38. The minimum absolute atomic E-state index is 0.00728. The van der Waals surface area contributed by atoms with E-state index in [1.54, 1.807) is 19.1 Å². The maximum absolute atomic E-state index is 13.4. The minimum atomic E-state index is -1.12. The minimum Gasteiger partial charge on any atom is -0.457 e. The fraction of sp³-hybridized carbons (Fsp3) is 0.784. The third-order valence-corrected chi connectivity index (χ3v) is 10.7. The van der Waals surface area contributed by atoms with Crippen molar-refractivity contribution in [2.45, 2.75) is 154 Å². The molecule has 10 nitrogen and oxygen atoms in total. The van der Waals surface area contributed by atoms with E-state index >= 15 is 0 Å². The summed E-state index contributed by atoms with van der Waals surface area (Å²) in [4.78, 5) is 30.6. The fourth-order valence-electron chi connectivity index (χ4n) is 7.54. The number of rotatable bonds is 10. The fourth-order valence-corrected chi connectivity index (χ4v) is 7.54. The van der Waals surface area contributed by atoms with Crippen LogP contribution in [-0.4, -0.2) is 111 Å². The molecule has 12 atom stereocenters. The lowest BCUT2D eigenvalue weighted by molar-refractivity contribution is -0.151. The first-order valence-corrected chi connectivity index (χ1v) is 17.8. The summed E-state index contributed by atoms with van der Waals surface area (Å²) in [6.45, 7) is 17.4. The molecule has 0 radical (unpaired) electrons. The second-order valence-corrected chi connectivity index (χ2v) is 15.2. The number of amides is 1. The molecule has 10 heteroatoms. The van der Waals surface area contributed by atoms with Crippen LogP contribution in [0.25, 0.3) is 0 Å². The first kappa shape index (κ1) is 37.6. The van der Waals surface area contributed by atoms with Crippen LogP contribution in [0.5, 0.6) is 0 Å². The third kappa shape index (κ3) is 9.91. The molecule has 3 fully saturated rings. The van der Waals surface area contributed by atoms with Crippen molar-refractivity contribution in [3.63, 3.8) is 0 Å². The molecule has 3 N–H and O–H groups in total. The normalized spacial score (nSPS) is 37.2. The Labute approximate surface area is 281 Å². The molecular formula is C37H60N2O8. The number of likely N-dealkylation sites (tertiary alicyclic amines) is 2. The first-order valence-electron chi connectivity index (χ1n) is 17.8. The Kier molecular flexibility index (Phi) is 12.8. The number of allylic oxidation sites excluding steroid dienone is 2. The zero-order valence-electron chi connectivity index (χ0n) is 29.7. The van der Waals surface area contributed by atoms with Gasteiger partial charge in [0.1, 0.15) is 12.2 Å². The highest BCUT2D eigenvalue weighted by molar-refractivity contribution is 5.70. The molecule has 0 aromatic carbocycles. The predicted octanol–water partition coefficient (Wildman–Crippen LogP) is 4.76. The second kappa shape index (κ2) is 16.0. The third-order valence-electron chi connectivity index (χ3n) is 10.7. The first-order chi connectivity index (χ1) is 22.1. The van der Waals surface area contributed by atoms with Gasteiger partial charge in [0.2, 0.25) is 0 Å². The number of ether oxygens (including phenoxy) is 3. The van der Waals surface area contributed by atoms with Gasteiger partial charge >= 0.3 is 12.1 Å². The molecule has 0 aromatic heterocycles. The molecule has 1 amide bonds. The smallest absolute Gasteiger partial charge is 0.410 e. The van der Waals surface area contributed by atoms with Gasteiger partial charge in [-0.05, 0) is 70.9 Å². The van der Waals surface area contributed by atoms with Crippen molar-refractivity contribution in [2.75, 3.05) is 13.1 Å². The standard InChI is InChI=1S/C37H60N2O8/c1-9-30(41)26(7)35-32(45-35)19-37(8,44)16-10-11-24(5)34-25(6)13-15-31(23(4)12-14-29(40)18-33(42)47-34)46-36(43)39-21-27-17-28(39)20-38(27)22(2)3/h10-11,13,15-16,22-23,25-32,34-35,40-41,44H,9,12,14,17-21H2,1-8H3/b15-13+,16-10+,24-11+/t23?,25?,26?,27-,28-,29?,30?,31?,32?,34?,35?,37?/m1/s1. The summed E-state index contributed by atoms with van der Waals surface area (Å²) in [6, 6.07) is 0.994. The van der Waals surface area contributed by atoms with Gasteiger partial charge in [-0.3, -0.25) is 9.69 Å². The van der Waals surface area contributed by atoms with E-state index in [0.717, 1.165) is 18.5 Å². The maximum atomic E-state index is 13.4. The molecule has 3 saturated heterocycles. The summed E-state index contributed by atoms with van der Waals surface area (Å²) in [6.07, 6.45) is 9.24. The number of nitrogens with zero attached hydrogens (tertiary/aromatic N) is 2. The van der Waals surface area contributed by atoms with E-state index in [1.807, 2.05) is 57.7 Å². The van der Waals surface area contributed by atoms with Crippen LogP contribution in [0.4, 0.5) is 4.79 Å². The molecule has 4 aliphatic rings. The van der Waals surface area contributed by atoms with E-state index in [1.165, 1.54) is 0 Å². The number of hydrogen-bond acceptors (Lipinski definition) is 9.